The minimum absolute atomic E-state index is 0.189. The monoisotopic (exact) mass is 289 g/mol. The first-order valence-electron chi connectivity index (χ1n) is 6.65. The molecule has 0 radical (unpaired) electrons. The molecule has 0 aliphatic carbocycles. The van der Waals surface area contributed by atoms with Gasteiger partial charge in [-0.25, -0.2) is 0 Å². The van der Waals surface area contributed by atoms with E-state index in [-0.39, 0.29) is 17.5 Å². The SMILES string of the molecule is CC(C)(C)CCNCC(O)c1cccc(C(F)(F)F)c1. The summed E-state index contributed by atoms with van der Waals surface area (Å²) in [5.41, 5.74) is -0.263. The summed E-state index contributed by atoms with van der Waals surface area (Å²) in [6.07, 6.45) is -4.38. The number of alkyl halides is 3. The van der Waals surface area contributed by atoms with Gasteiger partial charge in [-0.2, -0.15) is 13.2 Å². The van der Waals surface area contributed by atoms with Gasteiger partial charge in [0.2, 0.25) is 0 Å². The van der Waals surface area contributed by atoms with E-state index in [0.717, 1.165) is 25.1 Å². The van der Waals surface area contributed by atoms with Gasteiger partial charge in [0.05, 0.1) is 11.7 Å². The first-order chi connectivity index (χ1) is 9.09. The lowest BCUT2D eigenvalue weighted by Crippen LogP contribution is -2.25. The standard InChI is InChI=1S/C15H22F3NO/c1-14(2,3)7-8-19-10-13(20)11-5-4-6-12(9-11)15(16,17)18/h4-6,9,13,19-20H,7-8,10H2,1-3H3. The Labute approximate surface area is 118 Å². The molecule has 0 bridgehead atoms. The number of benzene rings is 1. The van der Waals surface area contributed by atoms with Crippen molar-refractivity contribution in [3.63, 3.8) is 0 Å². The molecule has 0 saturated heterocycles. The van der Waals surface area contributed by atoms with Crippen LogP contribution in [-0.2, 0) is 6.18 Å². The van der Waals surface area contributed by atoms with Gasteiger partial charge >= 0.3 is 6.18 Å². The molecular formula is C15H22F3NO. The maximum atomic E-state index is 12.6. The van der Waals surface area contributed by atoms with Crippen LogP contribution in [0, 0.1) is 5.41 Å². The average Bonchev–Trinajstić information content (AvgIpc) is 2.32. The Morgan fingerprint density at radius 1 is 1.20 bits per heavy atom. The Hall–Kier alpha value is -1.07. The van der Waals surface area contributed by atoms with Gasteiger partial charge in [-0.15, -0.1) is 0 Å². The molecule has 0 aromatic heterocycles. The topological polar surface area (TPSA) is 32.3 Å². The Kier molecular flexibility index (Phi) is 5.59. The minimum Gasteiger partial charge on any atom is -0.387 e. The zero-order chi connectivity index (χ0) is 15.4. The maximum Gasteiger partial charge on any atom is 0.416 e. The fourth-order valence-electron chi connectivity index (χ4n) is 1.74. The van der Waals surface area contributed by atoms with Gasteiger partial charge in [0, 0.05) is 6.54 Å². The second-order valence-electron chi connectivity index (χ2n) is 6.15. The first kappa shape index (κ1) is 17.0. The molecule has 1 unspecified atom stereocenters. The smallest absolute Gasteiger partial charge is 0.387 e. The quantitative estimate of drug-likeness (QED) is 0.809. The van der Waals surface area contributed by atoms with Gasteiger partial charge in [-0.1, -0.05) is 32.9 Å². The van der Waals surface area contributed by atoms with Crippen molar-refractivity contribution in [2.45, 2.75) is 39.5 Å². The van der Waals surface area contributed by atoms with Crippen LogP contribution < -0.4 is 5.32 Å². The number of hydrogen-bond donors (Lipinski definition) is 2. The van der Waals surface area contributed by atoms with E-state index in [1.165, 1.54) is 12.1 Å². The van der Waals surface area contributed by atoms with Crippen molar-refractivity contribution in [3.8, 4) is 0 Å². The lowest BCUT2D eigenvalue weighted by atomic mass is 9.92. The Morgan fingerprint density at radius 2 is 1.85 bits per heavy atom. The van der Waals surface area contributed by atoms with E-state index in [0.29, 0.717) is 0 Å². The second-order valence-corrected chi connectivity index (χ2v) is 6.15. The van der Waals surface area contributed by atoms with Gasteiger partial charge in [0.1, 0.15) is 0 Å². The van der Waals surface area contributed by atoms with Gasteiger partial charge in [0.15, 0.2) is 0 Å². The van der Waals surface area contributed by atoms with Gasteiger partial charge in [-0.3, -0.25) is 0 Å². The van der Waals surface area contributed by atoms with Crippen LogP contribution in [0.1, 0.15) is 44.4 Å². The van der Waals surface area contributed by atoms with Crippen molar-refractivity contribution in [2.24, 2.45) is 5.41 Å². The van der Waals surface area contributed by atoms with Crippen molar-refractivity contribution in [2.75, 3.05) is 13.1 Å². The molecule has 2 nitrogen and oxygen atoms in total. The number of halogens is 3. The molecule has 1 aromatic rings. The van der Waals surface area contributed by atoms with E-state index in [4.69, 9.17) is 0 Å². The van der Waals surface area contributed by atoms with E-state index in [1.54, 1.807) is 0 Å². The lowest BCUT2D eigenvalue weighted by Gasteiger charge is -2.19. The largest absolute Gasteiger partial charge is 0.416 e. The summed E-state index contributed by atoms with van der Waals surface area (Å²) in [7, 11) is 0. The number of aliphatic hydroxyl groups excluding tert-OH is 1. The van der Waals surface area contributed by atoms with Crippen molar-refractivity contribution >= 4 is 0 Å². The van der Waals surface area contributed by atoms with Crippen molar-refractivity contribution in [1.82, 2.24) is 5.32 Å². The predicted molar refractivity (Wildman–Crippen MR) is 73.3 cm³/mol. The van der Waals surface area contributed by atoms with Crippen molar-refractivity contribution in [1.29, 1.82) is 0 Å². The zero-order valence-corrected chi connectivity index (χ0v) is 12.1. The minimum atomic E-state index is -4.38. The molecular weight excluding hydrogens is 267 g/mol. The van der Waals surface area contributed by atoms with E-state index >= 15 is 0 Å². The summed E-state index contributed by atoms with van der Waals surface area (Å²) in [6.45, 7) is 7.30. The van der Waals surface area contributed by atoms with Crippen molar-refractivity contribution in [3.05, 3.63) is 35.4 Å². The number of nitrogens with one attached hydrogen (secondary N) is 1. The van der Waals surface area contributed by atoms with Crippen LogP contribution in [0.3, 0.4) is 0 Å². The van der Waals surface area contributed by atoms with E-state index < -0.39 is 17.8 Å². The van der Waals surface area contributed by atoms with Gasteiger partial charge < -0.3 is 10.4 Å². The molecule has 1 aromatic carbocycles. The van der Waals surface area contributed by atoms with Gasteiger partial charge in [-0.05, 0) is 36.1 Å². The normalized spacial score (nSPS) is 14.3. The number of rotatable bonds is 5. The molecule has 0 aliphatic heterocycles. The van der Waals surface area contributed by atoms with E-state index in [1.807, 2.05) is 0 Å². The highest BCUT2D eigenvalue weighted by atomic mass is 19.4. The summed E-state index contributed by atoms with van der Waals surface area (Å²) >= 11 is 0. The second kappa shape index (κ2) is 6.59. The highest BCUT2D eigenvalue weighted by Crippen LogP contribution is 2.30. The van der Waals surface area contributed by atoms with E-state index in [2.05, 4.69) is 26.1 Å². The molecule has 0 fully saturated rings. The summed E-state index contributed by atoms with van der Waals surface area (Å²) in [4.78, 5) is 0. The third-order valence-corrected chi connectivity index (χ3v) is 2.99. The molecule has 5 heteroatoms. The fourth-order valence-corrected chi connectivity index (χ4v) is 1.74. The molecule has 114 valence electrons. The maximum absolute atomic E-state index is 12.6. The molecule has 1 rings (SSSR count). The number of hydrogen-bond acceptors (Lipinski definition) is 2. The van der Waals surface area contributed by atoms with Crippen LogP contribution >= 0.6 is 0 Å². The predicted octanol–water partition coefficient (Wildman–Crippen LogP) is 3.76. The summed E-state index contributed by atoms with van der Waals surface area (Å²) in [5.74, 6) is 0. The molecule has 0 saturated carbocycles. The van der Waals surface area contributed by atoms with Crippen LogP contribution in [0.25, 0.3) is 0 Å². The Balaban J connectivity index is 2.54. The lowest BCUT2D eigenvalue weighted by molar-refractivity contribution is -0.137. The summed E-state index contributed by atoms with van der Waals surface area (Å²) in [5, 5.41) is 13.0. The third kappa shape index (κ3) is 5.92. The fraction of sp³-hybridized carbons (Fsp3) is 0.600. The summed E-state index contributed by atoms with van der Waals surface area (Å²) < 4.78 is 37.7. The number of aliphatic hydroxyl groups is 1. The van der Waals surface area contributed by atoms with Gasteiger partial charge in [0.25, 0.3) is 0 Å². The highest BCUT2D eigenvalue weighted by molar-refractivity contribution is 5.27. The zero-order valence-electron chi connectivity index (χ0n) is 12.1. The van der Waals surface area contributed by atoms with Crippen molar-refractivity contribution < 1.29 is 18.3 Å². The van der Waals surface area contributed by atoms with Crippen LogP contribution in [-0.4, -0.2) is 18.2 Å². The molecule has 20 heavy (non-hydrogen) atoms. The van der Waals surface area contributed by atoms with Crippen LogP contribution in [0.5, 0.6) is 0 Å². The third-order valence-electron chi connectivity index (χ3n) is 2.99. The van der Waals surface area contributed by atoms with E-state index in [9.17, 15) is 18.3 Å². The molecule has 1 atom stereocenters. The van der Waals surface area contributed by atoms with Crippen LogP contribution in [0.2, 0.25) is 0 Å². The molecule has 0 heterocycles. The molecule has 0 aliphatic rings. The van der Waals surface area contributed by atoms with Crippen LogP contribution in [0.4, 0.5) is 13.2 Å². The average molecular weight is 289 g/mol. The molecule has 2 N–H and O–H groups in total. The van der Waals surface area contributed by atoms with Crippen LogP contribution in [0.15, 0.2) is 24.3 Å². The summed E-state index contributed by atoms with van der Waals surface area (Å²) in [6, 6.07) is 4.82. The first-order valence-corrected chi connectivity index (χ1v) is 6.65. The molecule has 0 amide bonds. The highest BCUT2D eigenvalue weighted by Gasteiger charge is 2.30. The molecule has 0 spiro atoms. The Morgan fingerprint density at radius 3 is 2.40 bits per heavy atom. The Bertz CT molecular complexity index is 424.